The molecule has 0 amide bonds. The highest BCUT2D eigenvalue weighted by atomic mass is 16.5. The zero-order chi connectivity index (χ0) is 14.9. The van der Waals surface area contributed by atoms with Crippen molar-refractivity contribution in [2.45, 2.75) is 20.1 Å². The van der Waals surface area contributed by atoms with Gasteiger partial charge in [0.1, 0.15) is 12.4 Å². The molecule has 2 aromatic rings. The van der Waals surface area contributed by atoms with Crippen LogP contribution >= 0.6 is 0 Å². The Bertz CT molecular complexity index is 544. The third-order valence-corrected chi connectivity index (χ3v) is 3.16. The van der Waals surface area contributed by atoms with E-state index in [4.69, 9.17) is 9.47 Å². The number of benzene rings is 1. The molecule has 0 aliphatic carbocycles. The van der Waals surface area contributed by atoms with Crippen molar-refractivity contribution in [1.29, 1.82) is 0 Å². The standard InChI is InChI=1S/C17H22N2O2/c1-14-3-4-17(16(11-14)12-19-9-10-20-2)21-13-15-5-7-18-8-6-15/h3-8,11,19H,9-10,12-13H2,1-2H3. The molecule has 1 aromatic heterocycles. The highest BCUT2D eigenvalue weighted by Gasteiger charge is 2.04. The van der Waals surface area contributed by atoms with E-state index < -0.39 is 0 Å². The third kappa shape index (κ3) is 5.17. The number of pyridine rings is 1. The Morgan fingerprint density at radius 2 is 1.95 bits per heavy atom. The fourth-order valence-corrected chi connectivity index (χ4v) is 2.02. The van der Waals surface area contributed by atoms with Gasteiger partial charge in [-0.1, -0.05) is 17.7 Å². The van der Waals surface area contributed by atoms with Crippen molar-refractivity contribution in [3.63, 3.8) is 0 Å². The smallest absolute Gasteiger partial charge is 0.124 e. The molecule has 0 aliphatic heterocycles. The first-order valence-corrected chi connectivity index (χ1v) is 7.10. The second-order valence-corrected chi connectivity index (χ2v) is 4.92. The summed E-state index contributed by atoms with van der Waals surface area (Å²) >= 11 is 0. The Morgan fingerprint density at radius 1 is 1.14 bits per heavy atom. The van der Waals surface area contributed by atoms with Crippen LogP contribution in [0.15, 0.2) is 42.7 Å². The first-order valence-electron chi connectivity index (χ1n) is 7.10. The van der Waals surface area contributed by atoms with Gasteiger partial charge in [-0.05, 0) is 30.7 Å². The lowest BCUT2D eigenvalue weighted by molar-refractivity contribution is 0.199. The molecule has 0 unspecified atom stereocenters. The Labute approximate surface area is 126 Å². The summed E-state index contributed by atoms with van der Waals surface area (Å²) in [6.07, 6.45) is 3.56. The summed E-state index contributed by atoms with van der Waals surface area (Å²) in [7, 11) is 1.71. The van der Waals surface area contributed by atoms with Gasteiger partial charge in [-0.2, -0.15) is 0 Å². The second kappa shape index (κ2) is 8.39. The lowest BCUT2D eigenvalue weighted by Crippen LogP contribution is -2.19. The molecule has 4 nitrogen and oxygen atoms in total. The highest BCUT2D eigenvalue weighted by molar-refractivity contribution is 5.37. The molecule has 21 heavy (non-hydrogen) atoms. The minimum absolute atomic E-state index is 0.552. The molecular weight excluding hydrogens is 264 g/mol. The Kier molecular flexibility index (Phi) is 6.19. The monoisotopic (exact) mass is 286 g/mol. The van der Waals surface area contributed by atoms with Gasteiger partial charge in [-0.25, -0.2) is 0 Å². The first kappa shape index (κ1) is 15.5. The van der Waals surface area contributed by atoms with E-state index in [9.17, 15) is 0 Å². The number of methoxy groups -OCH3 is 1. The number of nitrogens with zero attached hydrogens (tertiary/aromatic N) is 1. The summed E-state index contributed by atoms with van der Waals surface area (Å²) < 4.78 is 11.0. The molecule has 1 aromatic carbocycles. The summed E-state index contributed by atoms with van der Waals surface area (Å²) in [5, 5.41) is 3.35. The van der Waals surface area contributed by atoms with Crippen LogP contribution in [0.5, 0.6) is 5.75 Å². The van der Waals surface area contributed by atoms with E-state index in [2.05, 4.69) is 29.4 Å². The van der Waals surface area contributed by atoms with Crippen LogP contribution in [0.25, 0.3) is 0 Å². The maximum Gasteiger partial charge on any atom is 0.124 e. The van der Waals surface area contributed by atoms with Crippen LogP contribution in [0.1, 0.15) is 16.7 Å². The zero-order valence-electron chi connectivity index (χ0n) is 12.6. The van der Waals surface area contributed by atoms with Crippen molar-refractivity contribution in [2.24, 2.45) is 0 Å². The van der Waals surface area contributed by atoms with Gasteiger partial charge in [0.2, 0.25) is 0 Å². The lowest BCUT2D eigenvalue weighted by Gasteiger charge is -2.13. The SMILES string of the molecule is COCCNCc1cc(C)ccc1OCc1ccncc1. The average Bonchev–Trinajstić information content (AvgIpc) is 2.52. The molecule has 0 bridgehead atoms. The van der Waals surface area contributed by atoms with E-state index in [0.717, 1.165) is 24.4 Å². The predicted octanol–water partition coefficient (Wildman–Crippen LogP) is 2.71. The summed E-state index contributed by atoms with van der Waals surface area (Å²) in [5.74, 6) is 0.919. The number of rotatable bonds is 8. The Balaban J connectivity index is 1.97. The largest absolute Gasteiger partial charge is 0.489 e. The van der Waals surface area contributed by atoms with E-state index in [0.29, 0.717) is 13.2 Å². The zero-order valence-corrected chi connectivity index (χ0v) is 12.6. The summed E-state index contributed by atoms with van der Waals surface area (Å²) in [6, 6.07) is 10.2. The van der Waals surface area contributed by atoms with Crippen LogP contribution in [-0.4, -0.2) is 25.2 Å². The van der Waals surface area contributed by atoms with Crippen LogP contribution in [0, 0.1) is 6.92 Å². The van der Waals surface area contributed by atoms with Crippen LogP contribution in [0.3, 0.4) is 0 Å². The Morgan fingerprint density at radius 3 is 2.71 bits per heavy atom. The minimum atomic E-state index is 0.552. The molecule has 1 N–H and O–H groups in total. The van der Waals surface area contributed by atoms with E-state index in [1.165, 1.54) is 11.1 Å². The van der Waals surface area contributed by atoms with Gasteiger partial charge in [0.05, 0.1) is 6.61 Å². The van der Waals surface area contributed by atoms with Gasteiger partial charge in [0, 0.05) is 38.2 Å². The molecule has 0 spiro atoms. The van der Waals surface area contributed by atoms with Gasteiger partial charge in [-0.3, -0.25) is 4.98 Å². The van der Waals surface area contributed by atoms with Gasteiger partial charge < -0.3 is 14.8 Å². The predicted molar refractivity (Wildman–Crippen MR) is 83.3 cm³/mol. The maximum atomic E-state index is 5.94. The van der Waals surface area contributed by atoms with E-state index in [1.807, 2.05) is 18.2 Å². The second-order valence-electron chi connectivity index (χ2n) is 4.92. The molecular formula is C17H22N2O2. The van der Waals surface area contributed by atoms with Crippen molar-refractivity contribution in [2.75, 3.05) is 20.3 Å². The number of hydrogen-bond donors (Lipinski definition) is 1. The van der Waals surface area contributed by atoms with E-state index >= 15 is 0 Å². The molecule has 1 heterocycles. The normalized spacial score (nSPS) is 10.6. The summed E-state index contributed by atoms with van der Waals surface area (Å²) in [4.78, 5) is 4.01. The minimum Gasteiger partial charge on any atom is -0.489 e. The van der Waals surface area contributed by atoms with Crippen molar-refractivity contribution in [3.05, 3.63) is 59.4 Å². The van der Waals surface area contributed by atoms with Crippen molar-refractivity contribution < 1.29 is 9.47 Å². The van der Waals surface area contributed by atoms with Crippen molar-refractivity contribution in [3.8, 4) is 5.75 Å². The number of aryl methyl sites for hydroxylation is 1. The molecule has 112 valence electrons. The van der Waals surface area contributed by atoms with Crippen molar-refractivity contribution in [1.82, 2.24) is 10.3 Å². The topological polar surface area (TPSA) is 43.4 Å². The van der Waals surface area contributed by atoms with Gasteiger partial charge in [-0.15, -0.1) is 0 Å². The number of ether oxygens (including phenoxy) is 2. The van der Waals surface area contributed by atoms with Crippen LogP contribution in [0.4, 0.5) is 0 Å². The van der Waals surface area contributed by atoms with Gasteiger partial charge in [0.15, 0.2) is 0 Å². The average molecular weight is 286 g/mol. The molecule has 0 saturated carbocycles. The van der Waals surface area contributed by atoms with Gasteiger partial charge >= 0.3 is 0 Å². The first-order chi connectivity index (χ1) is 10.3. The quantitative estimate of drug-likeness (QED) is 0.758. The maximum absolute atomic E-state index is 5.94. The van der Waals surface area contributed by atoms with E-state index in [-0.39, 0.29) is 0 Å². The van der Waals surface area contributed by atoms with Gasteiger partial charge in [0.25, 0.3) is 0 Å². The Hall–Kier alpha value is -1.91. The molecule has 4 heteroatoms. The third-order valence-electron chi connectivity index (χ3n) is 3.16. The fraction of sp³-hybridized carbons (Fsp3) is 0.353. The van der Waals surface area contributed by atoms with Crippen LogP contribution in [-0.2, 0) is 17.9 Å². The molecule has 0 saturated heterocycles. The fourth-order valence-electron chi connectivity index (χ4n) is 2.02. The van der Waals surface area contributed by atoms with Crippen LogP contribution < -0.4 is 10.1 Å². The molecule has 2 rings (SSSR count). The van der Waals surface area contributed by atoms with E-state index in [1.54, 1.807) is 19.5 Å². The lowest BCUT2D eigenvalue weighted by atomic mass is 10.1. The van der Waals surface area contributed by atoms with Crippen molar-refractivity contribution >= 4 is 0 Å². The highest BCUT2D eigenvalue weighted by Crippen LogP contribution is 2.21. The summed E-state index contributed by atoms with van der Waals surface area (Å²) in [6.45, 7) is 4.95. The molecule has 0 atom stereocenters. The molecule has 0 radical (unpaired) electrons. The number of aromatic nitrogens is 1. The van der Waals surface area contributed by atoms with Crippen LogP contribution in [0.2, 0.25) is 0 Å². The number of hydrogen-bond acceptors (Lipinski definition) is 4. The number of nitrogens with one attached hydrogen (secondary N) is 1. The molecule has 0 aliphatic rings. The molecule has 0 fully saturated rings. The summed E-state index contributed by atoms with van der Waals surface area (Å²) in [5.41, 5.74) is 3.51.